The molecule has 0 radical (unpaired) electrons. The standard InChI is InChI=1S/C18H15F4N5O2.C5H10O/c1-28-10-4-11(29-2)14(20)12(13(10)19)9-3-8-5-24-17(23)26-15(8)16(25-9)27-6-18(21,22)7-27;1-2-4-6-5-3-1/h3-5H,6-7H2,1-2H3,(H2,23,24,26);1-5H2. The number of hydrogen-bond acceptors (Lipinski definition) is 8. The second kappa shape index (κ2) is 10.1. The number of alkyl halides is 2. The number of nitrogens with two attached hydrogens (primary N) is 1. The van der Waals surface area contributed by atoms with E-state index in [0.29, 0.717) is 5.39 Å². The number of hydrogen-bond donors (Lipinski definition) is 1. The van der Waals surface area contributed by atoms with Crippen LogP contribution < -0.4 is 20.1 Å². The lowest BCUT2D eigenvalue weighted by molar-refractivity contribution is -0.0265. The van der Waals surface area contributed by atoms with Crippen molar-refractivity contribution in [3.05, 3.63) is 30.0 Å². The summed E-state index contributed by atoms with van der Waals surface area (Å²) >= 11 is 0. The molecule has 12 heteroatoms. The van der Waals surface area contributed by atoms with Gasteiger partial charge >= 0.3 is 0 Å². The van der Waals surface area contributed by atoms with Gasteiger partial charge in [0, 0.05) is 30.9 Å². The molecule has 3 aromatic rings. The fourth-order valence-electron chi connectivity index (χ4n) is 3.84. The number of aromatic nitrogens is 3. The van der Waals surface area contributed by atoms with Crippen molar-refractivity contribution < 1.29 is 31.8 Å². The van der Waals surface area contributed by atoms with Crippen molar-refractivity contribution in [3.8, 4) is 22.8 Å². The fourth-order valence-corrected chi connectivity index (χ4v) is 3.84. The van der Waals surface area contributed by atoms with Crippen LogP contribution in [0.1, 0.15) is 19.3 Å². The van der Waals surface area contributed by atoms with Crippen LogP contribution in [0.2, 0.25) is 0 Å². The van der Waals surface area contributed by atoms with Gasteiger partial charge in [-0.05, 0) is 25.3 Å². The van der Waals surface area contributed by atoms with Crippen LogP contribution in [0, 0.1) is 11.6 Å². The molecule has 0 amide bonds. The largest absolute Gasteiger partial charge is 0.494 e. The second-order valence-corrected chi connectivity index (χ2v) is 8.17. The molecule has 35 heavy (non-hydrogen) atoms. The van der Waals surface area contributed by atoms with Gasteiger partial charge < -0.3 is 24.8 Å². The van der Waals surface area contributed by atoms with Crippen molar-refractivity contribution in [1.29, 1.82) is 0 Å². The van der Waals surface area contributed by atoms with E-state index in [0.717, 1.165) is 19.3 Å². The first-order valence-corrected chi connectivity index (χ1v) is 11.0. The molecule has 4 heterocycles. The molecular weight excluding hydrogens is 470 g/mol. The maximum Gasteiger partial charge on any atom is 0.282 e. The second-order valence-electron chi connectivity index (χ2n) is 8.17. The predicted octanol–water partition coefficient (Wildman–Crippen LogP) is 4.21. The van der Waals surface area contributed by atoms with Gasteiger partial charge in [-0.15, -0.1) is 0 Å². The molecule has 5 rings (SSSR count). The van der Waals surface area contributed by atoms with E-state index in [4.69, 9.17) is 19.9 Å². The maximum atomic E-state index is 14.9. The van der Waals surface area contributed by atoms with Crippen molar-refractivity contribution in [2.45, 2.75) is 25.2 Å². The average Bonchev–Trinajstić information content (AvgIpc) is 2.84. The van der Waals surface area contributed by atoms with Crippen LogP contribution in [0.25, 0.3) is 22.2 Å². The van der Waals surface area contributed by atoms with Gasteiger partial charge in [-0.25, -0.2) is 32.5 Å². The van der Waals surface area contributed by atoms with Crippen molar-refractivity contribution in [3.63, 3.8) is 0 Å². The molecule has 0 saturated carbocycles. The summed E-state index contributed by atoms with van der Waals surface area (Å²) in [7, 11) is 2.44. The zero-order chi connectivity index (χ0) is 25.2. The molecule has 2 saturated heterocycles. The van der Waals surface area contributed by atoms with E-state index in [2.05, 4.69) is 15.0 Å². The lowest BCUT2D eigenvalue weighted by atomic mass is 10.1. The third-order valence-electron chi connectivity index (χ3n) is 5.62. The Kier molecular flexibility index (Phi) is 7.10. The molecule has 2 aliphatic heterocycles. The topological polar surface area (TPSA) is 95.6 Å². The molecule has 8 nitrogen and oxygen atoms in total. The molecule has 2 fully saturated rings. The van der Waals surface area contributed by atoms with Crippen molar-refractivity contribution in [1.82, 2.24) is 15.0 Å². The van der Waals surface area contributed by atoms with Crippen molar-refractivity contribution in [2.75, 3.05) is 51.2 Å². The first-order valence-electron chi connectivity index (χ1n) is 11.0. The fraction of sp³-hybridized carbons (Fsp3) is 0.435. The number of benzene rings is 1. The third-order valence-corrected chi connectivity index (χ3v) is 5.62. The predicted molar refractivity (Wildman–Crippen MR) is 122 cm³/mol. The van der Waals surface area contributed by atoms with Crippen LogP contribution in [0.5, 0.6) is 11.5 Å². The highest BCUT2D eigenvalue weighted by Crippen LogP contribution is 2.40. The number of methoxy groups -OCH3 is 2. The third kappa shape index (κ3) is 5.16. The van der Waals surface area contributed by atoms with Crippen LogP contribution in [0.15, 0.2) is 18.3 Å². The van der Waals surface area contributed by atoms with E-state index < -0.39 is 36.2 Å². The number of pyridine rings is 1. The van der Waals surface area contributed by atoms with Crippen LogP contribution >= 0.6 is 0 Å². The first kappa shape index (κ1) is 24.7. The minimum absolute atomic E-state index is 0.0260. The normalized spacial score (nSPS) is 16.8. The van der Waals surface area contributed by atoms with Crippen LogP contribution in [-0.4, -0.2) is 61.4 Å². The molecule has 0 aliphatic carbocycles. The Morgan fingerprint density at radius 3 is 2.09 bits per heavy atom. The summed E-state index contributed by atoms with van der Waals surface area (Å²) in [6, 6.07) is 2.41. The minimum atomic E-state index is -2.89. The number of anilines is 2. The molecular formula is C23H25F4N5O3. The quantitative estimate of drug-likeness (QED) is 0.538. The Bertz CT molecular complexity index is 1180. The van der Waals surface area contributed by atoms with Gasteiger partial charge in [-0.1, -0.05) is 0 Å². The highest BCUT2D eigenvalue weighted by Gasteiger charge is 2.45. The highest BCUT2D eigenvalue weighted by atomic mass is 19.3. The van der Waals surface area contributed by atoms with E-state index in [-0.39, 0.29) is 34.5 Å². The van der Waals surface area contributed by atoms with Gasteiger partial charge in [0.25, 0.3) is 5.92 Å². The molecule has 0 spiro atoms. The molecule has 188 valence electrons. The van der Waals surface area contributed by atoms with Gasteiger partial charge in [0.05, 0.1) is 38.6 Å². The molecule has 0 bridgehead atoms. The Morgan fingerprint density at radius 1 is 0.971 bits per heavy atom. The van der Waals surface area contributed by atoms with Crippen LogP contribution in [0.4, 0.5) is 29.3 Å². The Morgan fingerprint density at radius 2 is 1.60 bits per heavy atom. The Balaban J connectivity index is 0.000000421. The lowest BCUT2D eigenvalue weighted by Gasteiger charge is -2.39. The Hall–Kier alpha value is -3.41. The highest BCUT2D eigenvalue weighted by molar-refractivity contribution is 5.92. The zero-order valence-electron chi connectivity index (χ0n) is 19.3. The van der Waals surface area contributed by atoms with Crippen molar-refractivity contribution in [2.24, 2.45) is 0 Å². The monoisotopic (exact) mass is 495 g/mol. The molecule has 0 unspecified atom stereocenters. The summed E-state index contributed by atoms with van der Waals surface area (Å²) in [6.07, 6.45) is 5.26. The summed E-state index contributed by atoms with van der Waals surface area (Å²) < 4.78 is 71.6. The van der Waals surface area contributed by atoms with Gasteiger partial charge in [-0.3, -0.25) is 0 Å². The average molecular weight is 495 g/mol. The first-order chi connectivity index (χ1) is 16.7. The Labute approximate surface area is 199 Å². The summed E-state index contributed by atoms with van der Waals surface area (Å²) in [6.45, 7) is 0.795. The molecule has 0 atom stereocenters. The van der Waals surface area contributed by atoms with E-state index in [1.54, 1.807) is 0 Å². The van der Waals surface area contributed by atoms with E-state index in [1.807, 2.05) is 0 Å². The lowest BCUT2D eigenvalue weighted by Crippen LogP contribution is -2.56. The molecule has 2 N–H and O–H groups in total. The number of ether oxygens (including phenoxy) is 3. The number of halogens is 4. The van der Waals surface area contributed by atoms with Gasteiger partial charge in [0.1, 0.15) is 5.52 Å². The molecule has 2 aliphatic rings. The van der Waals surface area contributed by atoms with Crippen molar-refractivity contribution >= 4 is 22.7 Å². The summed E-state index contributed by atoms with van der Waals surface area (Å²) in [5.74, 6) is -5.48. The number of nitrogen functional groups attached to an aromatic ring is 1. The molecule has 2 aromatic heterocycles. The molecule has 1 aromatic carbocycles. The summed E-state index contributed by atoms with van der Waals surface area (Å²) in [5, 5.41) is 0.329. The number of nitrogens with zero attached hydrogens (tertiary/aromatic N) is 4. The van der Waals surface area contributed by atoms with Gasteiger partial charge in [-0.2, -0.15) is 0 Å². The van der Waals surface area contributed by atoms with Gasteiger partial charge in [0.2, 0.25) is 5.95 Å². The zero-order valence-corrected chi connectivity index (χ0v) is 19.3. The summed E-state index contributed by atoms with van der Waals surface area (Å²) in [5.41, 5.74) is 5.14. The maximum absolute atomic E-state index is 14.9. The van der Waals surface area contributed by atoms with E-state index in [9.17, 15) is 17.6 Å². The van der Waals surface area contributed by atoms with Crippen LogP contribution in [0.3, 0.4) is 0 Å². The van der Waals surface area contributed by atoms with E-state index in [1.165, 1.54) is 50.6 Å². The summed E-state index contributed by atoms with van der Waals surface area (Å²) in [4.78, 5) is 13.4. The number of fused-ring (bicyclic) bond motifs is 1. The number of rotatable bonds is 4. The SMILES string of the molecule is C1CCOCC1.COc1cc(OC)c(F)c(-c2cc3cnc(N)nc3c(N3CC(F)(F)C3)n2)c1F. The smallest absolute Gasteiger partial charge is 0.282 e. The van der Waals surface area contributed by atoms with Gasteiger partial charge in [0.15, 0.2) is 29.0 Å². The minimum Gasteiger partial charge on any atom is -0.494 e. The van der Waals surface area contributed by atoms with Crippen LogP contribution in [-0.2, 0) is 4.74 Å². The van der Waals surface area contributed by atoms with E-state index >= 15 is 0 Å².